The first kappa shape index (κ1) is 22.9. The van der Waals surface area contributed by atoms with Crippen LogP contribution in [0.3, 0.4) is 0 Å². The molecule has 1 unspecified atom stereocenters. The minimum Gasteiger partial charge on any atom is -0.385 e. The Morgan fingerprint density at radius 1 is 1.16 bits per heavy atom. The minimum absolute atomic E-state index is 0.0427. The first-order chi connectivity index (χ1) is 14.8. The average molecular weight is 450 g/mol. The zero-order chi connectivity index (χ0) is 22.4. The van der Waals surface area contributed by atoms with Gasteiger partial charge in [0.05, 0.1) is 10.8 Å². The summed E-state index contributed by atoms with van der Waals surface area (Å²) in [6.45, 7) is 0.902. The lowest BCUT2D eigenvalue weighted by Gasteiger charge is -2.16. The summed E-state index contributed by atoms with van der Waals surface area (Å²) in [5.74, 6) is -1.53. The van der Waals surface area contributed by atoms with Crippen LogP contribution >= 0.6 is 0 Å². The van der Waals surface area contributed by atoms with Gasteiger partial charge in [0.2, 0.25) is 21.8 Å². The Bertz CT molecular complexity index is 1030. The molecule has 8 nitrogen and oxygen atoms in total. The second-order valence-corrected chi connectivity index (χ2v) is 8.91. The molecule has 1 fully saturated rings. The molecule has 1 aliphatic rings. The Kier molecular flexibility index (Phi) is 7.37. The summed E-state index contributed by atoms with van der Waals surface area (Å²) in [5.41, 5.74) is 0.963. The highest BCUT2D eigenvalue weighted by Gasteiger charge is 2.35. The summed E-state index contributed by atoms with van der Waals surface area (Å²) >= 11 is 0. The van der Waals surface area contributed by atoms with E-state index in [9.17, 15) is 22.4 Å². The zero-order valence-corrected chi connectivity index (χ0v) is 17.8. The van der Waals surface area contributed by atoms with Crippen molar-refractivity contribution in [2.24, 2.45) is 5.92 Å². The fraction of sp³-hybridized carbons (Fsp3) is 0.333. The predicted molar refractivity (Wildman–Crippen MR) is 114 cm³/mol. The summed E-state index contributed by atoms with van der Waals surface area (Å²) in [4.78, 5) is 26.4. The van der Waals surface area contributed by atoms with Crippen LogP contribution in [-0.2, 0) is 24.3 Å². The number of rotatable bonds is 9. The third kappa shape index (κ3) is 5.87. The molecule has 1 atom stereocenters. The maximum atomic E-state index is 13.1. The van der Waals surface area contributed by atoms with Crippen LogP contribution in [0.4, 0.5) is 15.8 Å². The van der Waals surface area contributed by atoms with E-state index in [2.05, 4.69) is 10.0 Å². The van der Waals surface area contributed by atoms with Gasteiger partial charge in [0.25, 0.3) is 0 Å². The van der Waals surface area contributed by atoms with Gasteiger partial charge in [-0.05, 0) is 55.0 Å². The Morgan fingerprint density at radius 3 is 2.48 bits per heavy atom. The van der Waals surface area contributed by atoms with Gasteiger partial charge < -0.3 is 15.0 Å². The summed E-state index contributed by atoms with van der Waals surface area (Å²) < 4.78 is 45.0. The summed E-state index contributed by atoms with van der Waals surface area (Å²) in [7, 11) is -2.10. The number of carbonyl (C=O) groups is 2. The maximum absolute atomic E-state index is 13.1. The number of methoxy groups -OCH3 is 1. The SMILES string of the molecule is COCCCNS(=O)(=O)c1ccc(NC(=O)C2CC(=O)N(c3ccc(F)cc3)C2)cc1. The number of benzene rings is 2. The normalized spacial score (nSPS) is 16.5. The summed E-state index contributed by atoms with van der Waals surface area (Å²) in [6, 6.07) is 11.3. The third-order valence-electron chi connectivity index (χ3n) is 4.88. The summed E-state index contributed by atoms with van der Waals surface area (Å²) in [6.07, 6.45) is 0.597. The van der Waals surface area contributed by atoms with Gasteiger partial charge in [-0.15, -0.1) is 0 Å². The van der Waals surface area contributed by atoms with E-state index in [0.29, 0.717) is 24.4 Å². The lowest BCUT2D eigenvalue weighted by atomic mass is 10.1. The molecule has 2 aromatic rings. The molecule has 31 heavy (non-hydrogen) atoms. The van der Waals surface area contributed by atoms with E-state index in [0.717, 1.165) is 0 Å². The van der Waals surface area contributed by atoms with Crippen LogP contribution in [0, 0.1) is 11.7 Å². The van der Waals surface area contributed by atoms with Crippen LogP contribution in [0.25, 0.3) is 0 Å². The van der Waals surface area contributed by atoms with Gasteiger partial charge in [-0.2, -0.15) is 0 Å². The largest absolute Gasteiger partial charge is 0.385 e. The molecule has 1 saturated heterocycles. The van der Waals surface area contributed by atoms with Crippen molar-refractivity contribution in [3.63, 3.8) is 0 Å². The van der Waals surface area contributed by atoms with Crippen molar-refractivity contribution >= 4 is 33.2 Å². The second kappa shape index (κ2) is 9.99. The maximum Gasteiger partial charge on any atom is 0.240 e. The zero-order valence-electron chi connectivity index (χ0n) is 17.0. The van der Waals surface area contributed by atoms with Gasteiger partial charge >= 0.3 is 0 Å². The molecular weight excluding hydrogens is 425 g/mol. The first-order valence-corrected chi connectivity index (χ1v) is 11.2. The molecule has 0 aliphatic carbocycles. The van der Waals surface area contributed by atoms with E-state index in [1.54, 1.807) is 7.11 Å². The number of nitrogens with zero attached hydrogens (tertiary/aromatic N) is 1. The Hall–Kier alpha value is -2.82. The van der Waals surface area contributed by atoms with Gasteiger partial charge in [0, 0.05) is 44.6 Å². The minimum atomic E-state index is -3.65. The molecule has 0 aromatic heterocycles. The van der Waals surface area contributed by atoms with Gasteiger partial charge in [-0.3, -0.25) is 9.59 Å². The first-order valence-electron chi connectivity index (χ1n) is 9.75. The fourth-order valence-corrected chi connectivity index (χ4v) is 4.30. The Labute approximate surface area is 180 Å². The number of amides is 2. The van der Waals surface area contributed by atoms with Crippen LogP contribution in [0.5, 0.6) is 0 Å². The van der Waals surface area contributed by atoms with Gasteiger partial charge in [0.15, 0.2) is 0 Å². The average Bonchev–Trinajstić information content (AvgIpc) is 3.14. The highest BCUT2D eigenvalue weighted by Crippen LogP contribution is 2.26. The molecule has 1 aliphatic heterocycles. The van der Waals surface area contributed by atoms with Crippen LogP contribution in [0.15, 0.2) is 53.4 Å². The van der Waals surface area contributed by atoms with Gasteiger partial charge in [-0.25, -0.2) is 17.5 Å². The Morgan fingerprint density at radius 2 is 1.84 bits per heavy atom. The predicted octanol–water partition coefficient (Wildman–Crippen LogP) is 2.13. The topological polar surface area (TPSA) is 105 Å². The van der Waals surface area contributed by atoms with Crippen molar-refractivity contribution in [2.75, 3.05) is 37.0 Å². The van der Waals surface area contributed by atoms with Crippen molar-refractivity contribution in [3.05, 3.63) is 54.3 Å². The van der Waals surface area contributed by atoms with Crippen LogP contribution < -0.4 is 14.9 Å². The molecular formula is C21H24FN3O5S. The van der Waals surface area contributed by atoms with E-state index in [4.69, 9.17) is 4.74 Å². The molecule has 0 bridgehead atoms. The van der Waals surface area contributed by atoms with Crippen molar-refractivity contribution in [2.45, 2.75) is 17.7 Å². The number of ether oxygens (including phenoxy) is 1. The Balaban J connectivity index is 1.58. The smallest absolute Gasteiger partial charge is 0.240 e. The van der Waals surface area contributed by atoms with Crippen molar-refractivity contribution in [3.8, 4) is 0 Å². The molecule has 1 heterocycles. The van der Waals surface area contributed by atoms with Gasteiger partial charge in [0.1, 0.15) is 5.82 Å². The third-order valence-corrected chi connectivity index (χ3v) is 6.36. The fourth-order valence-electron chi connectivity index (χ4n) is 3.22. The van der Waals surface area contributed by atoms with Crippen molar-refractivity contribution in [1.82, 2.24) is 4.72 Å². The molecule has 0 radical (unpaired) electrons. The van der Waals surface area contributed by atoms with Crippen molar-refractivity contribution < 1.29 is 27.1 Å². The number of hydrogen-bond donors (Lipinski definition) is 2. The number of sulfonamides is 1. The van der Waals surface area contributed by atoms with E-state index < -0.39 is 21.8 Å². The molecule has 0 saturated carbocycles. The number of carbonyl (C=O) groups excluding carboxylic acids is 2. The highest BCUT2D eigenvalue weighted by atomic mass is 32.2. The van der Waals surface area contributed by atoms with Crippen LogP contribution in [0.1, 0.15) is 12.8 Å². The molecule has 2 N–H and O–H groups in total. The summed E-state index contributed by atoms with van der Waals surface area (Å²) in [5, 5.41) is 2.71. The highest BCUT2D eigenvalue weighted by molar-refractivity contribution is 7.89. The monoisotopic (exact) mass is 449 g/mol. The standard InChI is InChI=1S/C21H24FN3O5S/c1-30-12-2-11-23-31(28,29)19-9-5-17(6-10-19)24-21(27)15-13-20(26)25(14-15)18-7-3-16(22)4-8-18/h3-10,15,23H,2,11-14H2,1H3,(H,24,27). The number of hydrogen-bond acceptors (Lipinski definition) is 5. The second-order valence-electron chi connectivity index (χ2n) is 7.14. The van der Waals surface area contributed by atoms with Crippen molar-refractivity contribution in [1.29, 1.82) is 0 Å². The van der Waals surface area contributed by atoms with E-state index >= 15 is 0 Å². The van der Waals surface area contributed by atoms with E-state index in [1.807, 2.05) is 0 Å². The number of anilines is 2. The van der Waals surface area contributed by atoms with Gasteiger partial charge in [-0.1, -0.05) is 0 Å². The lowest BCUT2D eigenvalue weighted by molar-refractivity contribution is -0.122. The van der Waals surface area contributed by atoms with Crippen LogP contribution in [0.2, 0.25) is 0 Å². The van der Waals surface area contributed by atoms with Crippen LogP contribution in [-0.4, -0.2) is 47.0 Å². The quantitative estimate of drug-likeness (QED) is 0.571. The van der Waals surface area contributed by atoms with E-state index in [-0.39, 0.29) is 36.2 Å². The lowest BCUT2D eigenvalue weighted by Crippen LogP contribution is -2.28. The molecule has 10 heteroatoms. The number of halogens is 1. The molecule has 2 aromatic carbocycles. The number of nitrogens with one attached hydrogen (secondary N) is 2. The molecule has 2 amide bonds. The van der Waals surface area contributed by atoms with E-state index in [1.165, 1.54) is 53.4 Å². The molecule has 166 valence electrons. The molecule has 0 spiro atoms. The molecule has 3 rings (SSSR count).